The molecular weight excluding hydrogens is 230 g/mol. The topological polar surface area (TPSA) is 63.7 Å². The molecule has 5 nitrogen and oxygen atoms in total. The van der Waals surface area contributed by atoms with Crippen molar-refractivity contribution in [1.29, 1.82) is 0 Å². The Morgan fingerprint density at radius 3 is 2.38 bits per heavy atom. The molecule has 0 rings (SSSR count). The van der Waals surface area contributed by atoms with Gasteiger partial charge in [-0.05, 0) is 12.8 Å². The highest BCUT2D eigenvalue weighted by Crippen LogP contribution is 2.05. The Labute approximate surface area is 97.8 Å². The van der Waals surface area contributed by atoms with Gasteiger partial charge in [-0.15, -0.1) is 0 Å². The zero-order valence-electron chi connectivity index (χ0n) is 10.4. The van der Waals surface area contributed by atoms with Crippen LogP contribution >= 0.6 is 0 Å². The lowest BCUT2D eigenvalue weighted by molar-refractivity contribution is -0.143. The Morgan fingerprint density at radius 2 is 1.94 bits per heavy atom. The van der Waals surface area contributed by atoms with Gasteiger partial charge in [0, 0.05) is 13.6 Å². The van der Waals surface area contributed by atoms with Gasteiger partial charge in [0.2, 0.25) is 10.0 Å². The molecule has 0 heterocycles. The zero-order chi connectivity index (χ0) is 12.8. The third-order valence-corrected chi connectivity index (χ3v) is 4.18. The van der Waals surface area contributed by atoms with Gasteiger partial charge in [-0.2, -0.15) is 0 Å². The molecule has 0 saturated carbocycles. The van der Waals surface area contributed by atoms with E-state index in [1.807, 2.05) is 13.8 Å². The molecule has 0 fully saturated rings. The molecule has 0 aromatic heterocycles. The van der Waals surface area contributed by atoms with Crippen molar-refractivity contribution in [2.45, 2.75) is 27.2 Å². The van der Waals surface area contributed by atoms with E-state index < -0.39 is 10.0 Å². The van der Waals surface area contributed by atoms with Crippen molar-refractivity contribution in [3.8, 4) is 0 Å². The van der Waals surface area contributed by atoms with Gasteiger partial charge < -0.3 is 4.74 Å². The van der Waals surface area contributed by atoms with E-state index in [0.717, 1.165) is 0 Å². The van der Waals surface area contributed by atoms with Crippen LogP contribution in [0, 0.1) is 5.92 Å². The lowest BCUT2D eigenvalue weighted by Crippen LogP contribution is -2.33. The van der Waals surface area contributed by atoms with Crippen LogP contribution in [0.3, 0.4) is 0 Å². The van der Waals surface area contributed by atoms with Crippen LogP contribution in [0.2, 0.25) is 0 Å². The van der Waals surface area contributed by atoms with Crippen LogP contribution < -0.4 is 0 Å². The first-order valence-corrected chi connectivity index (χ1v) is 7.00. The Morgan fingerprint density at radius 1 is 1.38 bits per heavy atom. The fraction of sp³-hybridized carbons (Fsp3) is 0.900. The maximum Gasteiger partial charge on any atom is 0.307 e. The van der Waals surface area contributed by atoms with E-state index in [2.05, 4.69) is 0 Å². The number of carbonyl (C=O) groups is 1. The number of rotatable bonds is 7. The standard InChI is InChI=1S/C10H21NO4S/c1-5-15-10(12)6-7-11(4)16(13,14)8-9(2)3/h9H,5-8H2,1-4H3. The smallest absolute Gasteiger partial charge is 0.307 e. The summed E-state index contributed by atoms with van der Waals surface area (Å²) in [6.45, 7) is 5.90. The van der Waals surface area contributed by atoms with Gasteiger partial charge in [-0.25, -0.2) is 12.7 Å². The van der Waals surface area contributed by atoms with Gasteiger partial charge >= 0.3 is 5.97 Å². The number of ether oxygens (including phenoxy) is 1. The minimum Gasteiger partial charge on any atom is -0.466 e. The number of sulfonamides is 1. The number of hydrogen-bond acceptors (Lipinski definition) is 4. The van der Waals surface area contributed by atoms with E-state index in [1.54, 1.807) is 6.92 Å². The molecule has 0 N–H and O–H groups in total. The summed E-state index contributed by atoms with van der Waals surface area (Å²) in [4.78, 5) is 11.1. The molecule has 0 aliphatic carbocycles. The van der Waals surface area contributed by atoms with E-state index in [9.17, 15) is 13.2 Å². The maximum absolute atomic E-state index is 11.7. The second kappa shape index (κ2) is 6.85. The predicted molar refractivity (Wildman–Crippen MR) is 62.5 cm³/mol. The third kappa shape index (κ3) is 6.07. The van der Waals surface area contributed by atoms with Crippen LogP contribution in [-0.4, -0.2) is 44.6 Å². The minimum absolute atomic E-state index is 0.0787. The Balaban J connectivity index is 4.15. The SMILES string of the molecule is CCOC(=O)CCN(C)S(=O)(=O)CC(C)C. The summed E-state index contributed by atoms with van der Waals surface area (Å²) < 4.78 is 29.3. The van der Waals surface area contributed by atoms with Crippen molar-refractivity contribution in [2.24, 2.45) is 5.92 Å². The summed E-state index contributed by atoms with van der Waals surface area (Å²) in [5, 5.41) is 0. The summed E-state index contributed by atoms with van der Waals surface area (Å²) in [7, 11) is -1.76. The van der Waals surface area contributed by atoms with Gasteiger partial charge in [-0.3, -0.25) is 4.79 Å². The van der Waals surface area contributed by atoms with Crippen LogP contribution in [0.5, 0.6) is 0 Å². The highest BCUT2D eigenvalue weighted by molar-refractivity contribution is 7.89. The third-order valence-electron chi connectivity index (χ3n) is 1.95. The number of hydrogen-bond donors (Lipinski definition) is 0. The van der Waals surface area contributed by atoms with E-state index in [1.165, 1.54) is 11.4 Å². The summed E-state index contributed by atoms with van der Waals surface area (Å²) >= 11 is 0. The number of nitrogens with zero attached hydrogens (tertiary/aromatic N) is 1. The lowest BCUT2D eigenvalue weighted by Gasteiger charge is -2.17. The molecule has 0 unspecified atom stereocenters. The molecule has 0 bridgehead atoms. The average molecular weight is 251 g/mol. The second-order valence-corrected chi connectivity index (χ2v) is 6.17. The van der Waals surface area contributed by atoms with Gasteiger partial charge in [0.1, 0.15) is 0 Å². The first-order chi connectivity index (χ1) is 7.29. The van der Waals surface area contributed by atoms with Crippen molar-refractivity contribution in [2.75, 3.05) is 26.0 Å². The molecule has 96 valence electrons. The number of carbonyl (C=O) groups excluding carboxylic acids is 1. The highest BCUT2D eigenvalue weighted by atomic mass is 32.2. The minimum atomic E-state index is -3.24. The van der Waals surface area contributed by atoms with Crippen molar-refractivity contribution >= 4 is 16.0 Å². The first kappa shape index (κ1) is 15.4. The molecule has 0 spiro atoms. The summed E-state index contributed by atoms with van der Waals surface area (Å²) in [5.41, 5.74) is 0. The first-order valence-electron chi connectivity index (χ1n) is 5.39. The van der Waals surface area contributed by atoms with Crippen LogP contribution in [0.25, 0.3) is 0 Å². The Kier molecular flexibility index (Phi) is 6.59. The lowest BCUT2D eigenvalue weighted by atomic mass is 10.3. The van der Waals surface area contributed by atoms with Crippen molar-refractivity contribution in [1.82, 2.24) is 4.31 Å². The van der Waals surface area contributed by atoms with E-state index in [4.69, 9.17) is 4.74 Å². The molecule has 0 aromatic carbocycles. The Bertz CT molecular complexity index is 311. The predicted octanol–water partition coefficient (Wildman–Crippen LogP) is 0.857. The van der Waals surface area contributed by atoms with E-state index in [0.29, 0.717) is 6.61 Å². The van der Waals surface area contributed by atoms with Gasteiger partial charge in [-0.1, -0.05) is 13.8 Å². The van der Waals surface area contributed by atoms with E-state index >= 15 is 0 Å². The number of esters is 1. The van der Waals surface area contributed by atoms with Gasteiger partial charge in [0.25, 0.3) is 0 Å². The van der Waals surface area contributed by atoms with Crippen LogP contribution in [0.1, 0.15) is 27.2 Å². The van der Waals surface area contributed by atoms with Gasteiger partial charge in [0.05, 0.1) is 18.8 Å². The monoisotopic (exact) mass is 251 g/mol. The molecule has 0 radical (unpaired) electrons. The molecule has 0 amide bonds. The molecule has 6 heteroatoms. The van der Waals surface area contributed by atoms with E-state index in [-0.39, 0.29) is 30.6 Å². The fourth-order valence-corrected chi connectivity index (χ4v) is 2.64. The van der Waals surface area contributed by atoms with Crippen molar-refractivity contribution in [3.63, 3.8) is 0 Å². The molecule has 0 saturated heterocycles. The quantitative estimate of drug-likeness (QED) is 0.629. The largest absolute Gasteiger partial charge is 0.466 e. The summed E-state index contributed by atoms with van der Waals surface area (Å²) in [5.74, 6) is -0.184. The zero-order valence-corrected chi connectivity index (χ0v) is 11.2. The molecule has 16 heavy (non-hydrogen) atoms. The fourth-order valence-electron chi connectivity index (χ4n) is 1.17. The molecule has 0 atom stereocenters. The van der Waals surface area contributed by atoms with Crippen LogP contribution in [-0.2, 0) is 19.6 Å². The van der Waals surface area contributed by atoms with Gasteiger partial charge in [0.15, 0.2) is 0 Å². The molecular formula is C10H21NO4S. The normalized spacial score (nSPS) is 12.1. The Hall–Kier alpha value is -0.620. The van der Waals surface area contributed by atoms with Crippen LogP contribution in [0.15, 0.2) is 0 Å². The highest BCUT2D eigenvalue weighted by Gasteiger charge is 2.19. The maximum atomic E-state index is 11.7. The second-order valence-electron chi connectivity index (χ2n) is 4.05. The molecule has 0 aliphatic heterocycles. The summed E-state index contributed by atoms with van der Waals surface area (Å²) in [6.07, 6.45) is 0.0989. The summed E-state index contributed by atoms with van der Waals surface area (Å²) in [6, 6.07) is 0. The van der Waals surface area contributed by atoms with Crippen LogP contribution in [0.4, 0.5) is 0 Å². The van der Waals surface area contributed by atoms with Crippen molar-refractivity contribution < 1.29 is 17.9 Å². The average Bonchev–Trinajstić information content (AvgIpc) is 2.12. The molecule has 0 aromatic rings. The molecule has 0 aliphatic rings. The van der Waals surface area contributed by atoms with Crippen molar-refractivity contribution in [3.05, 3.63) is 0 Å².